The molecule has 0 aliphatic heterocycles. The van der Waals surface area contributed by atoms with Gasteiger partial charge in [-0.15, -0.1) is 0 Å². The van der Waals surface area contributed by atoms with Crippen LogP contribution < -0.4 is 16.4 Å². The molecule has 0 heterocycles. The second-order valence-electron chi connectivity index (χ2n) is 9.11. The summed E-state index contributed by atoms with van der Waals surface area (Å²) >= 11 is 0. The number of allylic oxidation sites excluding steroid dienone is 6. The van der Waals surface area contributed by atoms with Gasteiger partial charge in [0.05, 0.1) is 5.41 Å². The first-order valence-corrected chi connectivity index (χ1v) is 11.3. The largest absolute Gasteiger partial charge is 0.114 e. The lowest BCUT2D eigenvalue weighted by atomic mass is 9.55. The Morgan fingerprint density at radius 2 is 1.42 bits per heavy atom. The highest BCUT2D eigenvalue weighted by Crippen LogP contribution is 2.60. The maximum Gasteiger partial charge on any atom is 0.114 e. The first-order valence-electron chi connectivity index (χ1n) is 11.3. The zero-order chi connectivity index (χ0) is 22.3. The second-order valence-corrected chi connectivity index (χ2v) is 9.11. The first-order chi connectivity index (χ1) is 16.1. The lowest BCUT2D eigenvalue weighted by molar-refractivity contribution is 0.777. The molecule has 0 nitrogen and oxygen atoms in total. The van der Waals surface area contributed by atoms with Crippen molar-refractivity contribution in [3.63, 3.8) is 0 Å². The summed E-state index contributed by atoms with van der Waals surface area (Å²) in [5.41, 5.74) is 11.0. The van der Waals surface area contributed by atoms with E-state index in [9.17, 15) is 0 Å². The minimum absolute atomic E-state index is 0.624. The Morgan fingerprint density at radius 1 is 0.667 bits per heavy atom. The van der Waals surface area contributed by atoms with Crippen LogP contribution in [0.25, 0.3) is 27.5 Å². The molecule has 3 aliphatic rings. The molecule has 0 saturated heterocycles. The predicted molar refractivity (Wildman–Crippen MR) is 142 cm³/mol. The molecule has 6 radical (unpaired) electrons. The van der Waals surface area contributed by atoms with Gasteiger partial charge in [0.15, 0.2) is 0 Å². The quantitative estimate of drug-likeness (QED) is 0.387. The summed E-state index contributed by atoms with van der Waals surface area (Å²) in [5.74, 6) is 0. The minimum atomic E-state index is -0.624. The molecule has 7 rings (SSSR count). The van der Waals surface area contributed by atoms with Gasteiger partial charge in [-0.25, -0.2) is 0 Å². The molecule has 1 atom stereocenters. The number of fused-ring (bicyclic) bond motifs is 8. The standard InChI is InChI=1S/C30H17B3/c31-23-13-6-12-22-27(23)20-10-4-7-17-15-16-25(33)29(26(17)20)30(22)21-11-3-1-2-8-18(21)19-9-5-14-24(32)28(19)30/h1-7,9-16H,8H2. The van der Waals surface area contributed by atoms with E-state index in [-0.39, 0.29) is 0 Å². The fraction of sp³-hybridized carbons (Fsp3) is 0.0667. The van der Waals surface area contributed by atoms with Gasteiger partial charge in [0.1, 0.15) is 23.5 Å². The van der Waals surface area contributed by atoms with E-state index in [1.807, 2.05) is 18.2 Å². The van der Waals surface area contributed by atoms with E-state index in [4.69, 9.17) is 23.5 Å². The molecule has 0 saturated carbocycles. The number of rotatable bonds is 0. The van der Waals surface area contributed by atoms with E-state index in [2.05, 4.69) is 72.8 Å². The van der Waals surface area contributed by atoms with Gasteiger partial charge in [0.25, 0.3) is 0 Å². The highest BCUT2D eigenvalue weighted by molar-refractivity contribution is 6.40. The average molecular weight is 410 g/mol. The molecule has 33 heavy (non-hydrogen) atoms. The van der Waals surface area contributed by atoms with Gasteiger partial charge in [0, 0.05) is 0 Å². The summed E-state index contributed by atoms with van der Waals surface area (Å²) < 4.78 is 0. The van der Waals surface area contributed by atoms with Crippen molar-refractivity contribution in [3.05, 3.63) is 119 Å². The van der Waals surface area contributed by atoms with Crippen molar-refractivity contribution >= 4 is 56.3 Å². The monoisotopic (exact) mass is 410 g/mol. The number of hydrogen-bond acceptors (Lipinski definition) is 0. The van der Waals surface area contributed by atoms with Crippen LogP contribution in [0, 0.1) is 0 Å². The molecule has 0 aromatic heterocycles. The van der Waals surface area contributed by atoms with Crippen LogP contribution in [-0.4, -0.2) is 23.5 Å². The van der Waals surface area contributed by atoms with E-state index in [1.54, 1.807) is 0 Å². The van der Waals surface area contributed by atoms with Crippen LogP contribution in [0.15, 0.2) is 96.6 Å². The van der Waals surface area contributed by atoms with Crippen molar-refractivity contribution in [2.45, 2.75) is 11.8 Å². The Balaban J connectivity index is 1.82. The van der Waals surface area contributed by atoms with Crippen molar-refractivity contribution in [1.29, 1.82) is 0 Å². The van der Waals surface area contributed by atoms with Gasteiger partial charge in [-0.2, -0.15) is 0 Å². The van der Waals surface area contributed by atoms with E-state index in [0.717, 1.165) is 61.4 Å². The third-order valence-corrected chi connectivity index (χ3v) is 7.58. The second kappa shape index (κ2) is 6.55. The Hall–Kier alpha value is -3.45. The van der Waals surface area contributed by atoms with Gasteiger partial charge in [0.2, 0.25) is 0 Å². The number of hydrogen-bond donors (Lipinski definition) is 0. The zero-order valence-electron chi connectivity index (χ0n) is 18.1. The minimum Gasteiger partial charge on any atom is -0.0914 e. The SMILES string of the molecule is [B]c1cccc2c1-c1cccc3ccc([B])c(c13)C21C2=C(CC=CC=C2)c2cccc([B])c21. The van der Waals surface area contributed by atoms with Gasteiger partial charge in [-0.3, -0.25) is 0 Å². The van der Waals surface area contributed by atoms with Crippen LogP contribution in [0.5, 0.6) is 0 Å². The fourth-order valence-electron chi connectivity index (χ4n) is 6.47. The molecular formula is C30H17B3. The Morgan fingerprint density at radius 3 is 2.33 bits per heavy atom. The molecule has 4 aromatic rings. The summed E-state index contributed by atoms with van der Waals surface area (Å²) in [4.78, 5) is 0. The maximum atomic E-state index is 6.88. The molecule has 0 amide bonds. The molecule has 146 valence electrons. The molecular weight excluding hydrogens is 393 g/mol. The molecule has 4 aromatic carbocycles. The summed E-state index contributed by atoms with van der Waals surface area (Å²) in [6.45, 7) is 0. The van der Waals surface area contributed by atoms with Crippen molar-refractivity contribution in [2.75, 3.05) is 0 Å². The van der Waals surface area contributed by atoms with Crippen LogP contribution in [-0.2, 0) is 5.41 Å². The molecule has 0 N–H and O–H groups in total. The summed E-state index contributed by atoms with van der Waals surface area (Å²) in [5, 5.41) is 2.32. The Kier molecular flexibility index (Phi) is 3.78. The molecule has 0 fully saturated rings. The van der Waals surface area contributed by atoms with Crippen molar-refractivity contribution in [3.8, 4) is 11.1 Å². The third kappa shape index (κ3) is 2.21. The highest BCUT2D eigenvalue weighted by atomic mass is 14.5. The summed E-state index contributed by atoms with van der Waals surface area (Å²) in [6, 6.07) is 23.1. The lowest BCUT2D eigenvalue weighted by Crippen LogP contribution is -2.41. The van der Waals surface area contributed by atoms with Gasteiger partial charge >= 0.3 is 0 Å². The molecule has 0 bridgehead atoms. The molecule has 3 heteroatoms. The third-order valence-electron chi connectivity index (χ3n) is 7.58. The Labute approximate surface area is 198 Å². The first kappa shape index (κ1) is 19.1. The Bertz CT molecular complexity index is 1620. The van der Waals surface area contributed by atoms with Crippen LogP contribution in [0.4, 0.5) is 0 Å². The molecule has 3 aliphatic carbocycles. The van der Waals surface area contributed by atoms with E-state index < -0.39 is 5.41 Å². The van der Waals surface area contributed by atoms with Gasteiger partial charge < -0.3 is 0 Å². The topological polar surface area (TPSA) is 0 Å². The van der Waals surface area contributed by atoms with Crippen molar-refractivity contribution in [1.82, 2.24) is 0 Å². The van der Waals surface area contributed by atoms with E-state index in [0.29, 0.717) is 0 Å². The van der Waals surface area contributed by atoms with Gasteiger partial charge in [-0.05, 0) is 61.7 Å². The average Bonchev–Trinajstić information content (AvgIpc) is 2.94. The highest BCUT2D eigenvalue weighted by Gasteiger charge is 2.51. The molecule has 1 unspecified atom stereocenters. The van der Waals surface area contributed by atoms with Crippen LogP contribution in [0.1, 0.15) is 28.7 Å². The van der Waals surface area contributed by atoms with E-state index in [1.165, 1.54) is 16.7 Å². The maximum absolute atomic E-state index is 6.88. The van der Waals surface area contributed by atoms with E-state index >= 15 is 0 Å². The van der Waals surface area contributed by atoms with Crippen LogP contribution in [0.3, 0.4) is 0 Å². The zero-order valence-corrected chi connectivity index (χ0v) is 18.1. The normalized spacial score (nSPS) is 19.5. The summed E-state index contributed by atoms with van der Waals surface area (Å²) in [7, 11) is 20.4. The fourth-order valence-corrected chi connectivity index (χ4v) is 6.47. The van der Waals surface area contributed by atoms with Gasteiger partial charge in [-0.1, -0.05) is 107 Å². The van der Waals surface area contributed by atoms with Crippen LogP contribution >= 0.6 is 0 Å². The lowest BCUT2D eigenvalue weighted by Gasteiger charge is -2.43. The van der Waals surface area contributed by atoms with Crippen molar-refractivity contribution in [2.24, 2.45) is 0 Å². The molecule has 1 spiro atoms. The van der Waals surface area contributed by atoms with Crippen LogP contribution in [0.2, 0.25) is 0 Å². The van der Waals surface area contributed by atoms with Crippen molar-refractivity contribution < 1.29 is 0 Å². The smallest absolute Gasteiger partial charge is 0.0914 e. The predicted octanol–water partition coefficient (Wildman–Crippen LogP) is 3.82. The number of benzene rings is 4. The summed E-state index contributed by atoms with van der Waals surface area (Å²) in [6.07, 6.45) is 9.56.